The zero-order chi connectivity index (χ0) is 12.3. The third kappa shape index (κ3) is 3.86. The number of nitrogens with one attached hydrogen (secondary N) is 1. The number of hydrogen-bond donors (Lipinski definition) is 1. The lowest BCUT2D eigenvalue weighted by atomic mass is 10.1. The predicted octanol–water partition coefficient (Wildman–Crippen LogP) is 2.76. The Kier molecular flexibility index (Phi) is 3.89. The standard InChI is InChI=1S/C14H24N2O/c1-14(2,3)15-10-12-6-9-17-13(12)11-16-7-4-5-8-16/h6,9,15H,4-5,7-8,10-11H2,1-3H3. The molecule has 0 radical (unpaired) electrons. The van der Waals surface area contributed by atoms with Crippen molar-refractivity contribution in [2.24, 2.45) is 0 Å². The van der Waals surface area contributed by atoms with Crippen LogP contribution in [0.5, 0.6) is 0 Å². The fourth-order valence-electron chi connectivity index (χ4n) is 2.17. The van der Waals surface area contributed by atoms with Crippen molar-refractivity contribution in [3.8, 4) is 0 Å². The molecule has 0 saturated carbocycles. The summed E-state index contributed by atoms with van der Waals surface area (Å²) in [4.78, 5) is 2.47. The van der Waals surface area contributed by atoms with Crippen LogP contribution in [0.2, 0.25) is 0 Å². The van der Waals surface area contributed by atoms with E-state index in [1.54, 1.807) is 0 Å². The maximum Gasteiger partial charge on any atom is 0.122 e. The molecule has 1 aromatic heterocycles. The Labute approximate surface area is 104 Å². The second-order valence-corrected chi connectivity index (χ2v) is 5.96. The average molecular weight is 236 g/mol. The first-order valence-electron chi connectivity index (χ1n) is 6.57. The van der Waals surface area contributed by atoms with Gasteiger partial charge in [-0.25, -0.2) is 0 Å². The van der Waals surface area contributed by atoms with E-state index in [1.165, 1.54) is 31.5 Å². The quantitative estimate of drug-likeness (QED) is 0.871. The van der Waals surface area contributed by atoms with Crippen molar-refractivity contribution in [3.63, 3.8) is 0 Å². The topological polar surface area (TPSA) is 28.4 Å². The molecule has 3 nitrogen and oxygen atoms in total. The summed E-state index contributed by atoms with van der Waals surface area (Å²) in [7, 11) is 0. The summed E-state index contributed by atoms with van der Waals surface area (Å²) in [5.74, 6) is 1.13. The molecule has 2 rings (SSSR count). The van der Waals surface area contributed by atoms with E-state index in [0.717, 1.165) is 18.8 Å². The molecule has 1 aromatic rings. The highest BCUT2D eigenvalue weighted by atomic mass is 16.3. The van der Waals surface area contributed by atoms with Crippen LogP contribution in [0.25, 0.3) is 0 Å². The SMILES string of the molecule is CC(C)(C)NCc1ccoc1CN1CCCC1. The van der Waals surface area contributed by atoms with Crippen LogP contribution in [0.4, 0.5) is 0 Å². The highest BCUT2D eigenvalue weighted by Gasteiger charge is 2.17. The summed E-state index contributed by atoms with van der Waals surface area (Å²) >= 11 is 0. The van der Waals surface area contributed by atoms with Crippen molar-refractivity contribution in [1.82, 2.24) is 10.2 Å². The monoisotopic (exact) mass is 236 g/mol. The molecule has 0 unspecified atom stereocenters. The summed E-state index contributed by atoms with van der Waals surface area (Å²) in [5, 5.41) is 3.51. The molecule has 1 fully saturated rings. The Balaban J connectivity index is 1.91. The van der Waals surface area contributed by atoms with Gasteiger partial charge < -0.3 is 9.73 Å². The second kappa shape index (κ2) is 5.23. The molecule has 0 amide bonds. The zero-order valence-electron chi connectivity index (χ0n) is 11.3. The molecule has 0 aromatic carbocycles. The Hall–Kier alpha value is -0.800. The zero-order valence-corrected chi connectivity index (χ0v) is 11.3. The summed E-state index contributed by atoms with van der Waals surface area (Å²) in [6, 6.07) is 2.09. The Morgan fingerprint density at radius 2 is 2.00 bits per heavy atom. The van der Waals surface area contributed by atoms with Crippen molar-refractivity contribution in [2.45, 2.75) is 52.2 Å². The van der Waals surface area contributed by atoms with E-state index in [2.05, 4.69) is 37.1 Å². The molecule has 3 heteroatoms. The van der Waals surface area contributed by atoms with Gasteiger partial charge in [0.05, 0.1) is 12.8 Å². The van der Waals surface area contributed by atoms with Gasteiger partial charge in [-0.1, -0.05) is 0 Å². The van der Waals surface area contributed by atoms with Crippen molar-refractivity contribution in [2.75, 3.05) is 13.1 Å². The number of nitrogens with zero attached hydrogens (tertiary/aromatic N) is 1. The van der Waals surface area contributed by atoms with E-state index in [4.69, 9.17) is 4.42 Å². The number of furan rings is 1. The van der Waals surface area contributed by atoms with Crippen molar-refractivity contribution in [3.05, 3.63) is 23.7 Å². The van der Waals surface area contributed by atoms with Gasteiger partial charge in [0.25, 0.3) is 0 Å². The highest BCUT2D eigenvalue weighted by molar-refractivity contribution is 5.17. The van der Waals surface area contributed by atoms with Gasteiger partial charge in [0.1, 0.15) is 5.76 Å². The van der Waals surface area contributed by atoms with Gasteiger partial charge in [-0.05, 0) is 52.8 Å². The molecule has 0 atom stereocenters. The lowest BCUT2D eigenvalue weighted by molar-refractivity contribution is 0.294. The van der Waals surface area contributed by atoms with Crippen LogP contribution in [0, 0.1) is 0 Å². The summed E-state index contributed by atoms with van der Waals surface area (Å²) < 4.78 is 5.61. The van der Waals surface area contributed by atoms with E-state index in [-0.39, 0.29) is 5.54 Å². The molecule has 1 aliphatic rings. The van der Waals surface area contributed by atoms with E-state index in [0.29, 0.717) is 0 Å². The third-order valence-corrected chi connectivity index (χ3v) is 3.21. The summed E-state index contributed by atoms with van der Waals surface area (Å²) in [6.45, 7) is 10.9. The lowest BCUT2D eigenvalue weighted by Crippen LogP contribution is -2.35. The van der Waals surface area contributed by atoms with Gasteiger partial charge in [-0.2, -0.15) is 0 Å². The van der Waals surface area contributed by atoms with Crippen molar-refractivity contribution < 1.29 is 4.42 Å². The number of rotatable bonds is 4. The van der Waals surface area contributed by atoms with Gasteiger partial charge in [-0.15, -0.1) is 0 Å². The predicted molar refractivity (Wildman–Crippen MR) is 69.8 cm³/mol. The molecule has 2 heterocycles. The van der Waals surface area contributed by atoms with Crippen LogP contribution in [0.1, 0.15) is 44.9 Å². The minimum Gasteiger partial charge on any atom is -0.468 e. The lowest BCUT2D eigenvalue weighted by Gasteiger charge is -2.21. The molecule has 17 heavy (non-hydrogen) atoms. The van der Waals surface area contributed by atoms with Crippen LogP contribution < -0.4 is 5.32 Å². The van der Waals surface area contributed by atoms with Gasteiger partial charge >= 0.3 is 0 Å². The van der Waals surface area contributed by atoms with Crippen LogP contribution in [0.3, 0.4) is 0 Å². The molecule has 1 saturated heterocycles. The van der Waals surface area contributed by atoms with E-state index in [1.807, 2.05) is 6.26 Å². The minimum atomic E-state index is 0.155. The normalized spacial score (nSPS) is 17.8. The molecule has 0 aliphatic carbocycles. The molecule has 96 valence electrons. The molecular formula is C14H24N2O. The first-order valence-corrected chi connectivity index (χ1v) is 6.57. The second-order valence-electron chi connectivity index (χ2n) is 5.96. The fourth-order valence-corrected chi connectivity index (χ4v) is 2.17. The van der Waals surface area contributed by atoms with Crippen molar-refractivity contribution in [1.29, 1.82) is 0 Å². The maximum absolute atomic E-state index is 5.61. The third-order valence-electron chi connectivity index (χ3n) is 3.21. The molecule has 0 bridgehead atoms. The number of likely N-dealkylation sites (tertiary alicyclic amines) is 1. The van der Waals surface area contributed by atoms with Crippen LogP contribution >= 0.6 is 0 Å². The summed E-state index contributed by atoms with van der Waals surface area (Å²) in [5.41, 5.74) is 1.45. The fraction of sp³-hybridized carbons (Fsp3) is 0.714. The van der Waals surface area contributed by atoms with Gasteiger partial charge in [0.15, 0.2) is 0 Å². The Morgan fingerprint density at radius 3 is 2.65 bits per heavy atom. The smallest absolute Gasteiger partial charge is 0.122 e. The van der Waals surface area contributed by atoms with E-state index < -0.39 is 0 Å². The maximum atomic E-state index is 5.61. The molecule has 0 spiro atoms. The minimum absolute atomic E-state index is 0.155. The average Bonchev–Trinajstić information content (AvgIpc) is 2.86. The van der Waals surface area contributed by atoms with Gasteiger partial charge in [0.2, 0.25) is 0 Å². The van der Waals surface area contributed by atoms with Crippen LogP contribution in [-0.4, -0.2) is 23.5 Å². The van der Waals surface area contributed by atoms with E-state index >= 15 is 0 Å². The molecule has 1 N–H and O–H groups in total. The van der Waals surface area contributed by atoms with Crippen LogP contribution in [-0.2, 0) is 13.1 Å². The largest absolute Gasteiger partial charge is 0.468 e. The van der Waals surface area contributed by atoms with E-state index in [9.17, 15) is 0 Å². The summed E-state index contributed by atoms with van der Waals surface area (Å²) in [6.07, 6.45) is 4.47. The molecular weight excluding hydrogens is 212 g/mol. The Morgan fingerprint density at radius 1 is 1.29 bits per heavy atom. The van der Waals surface area contributed by atoms with Crippen molar-refractivity contribution >= 4 is 0 Å². The highest BCUT2D eigenvalue weighted by Crippen LogP contribution is 2.17. The van der Waals surface area contributed by atoms with Gasteiger partial charge in [0, 0.05) is 17.6 Å². The first kappa shape index (κ1) is 12.7. The first-order chi connectivity index (χ1) is 8.04. The van der Waals surface area contributed by atoms with Gasteiger partial charge in [-0.3, -0.25) is 4.90 Å². The van der Waals surface area contributed by atoms with Crippen LogP contribution in [0.15, 0.2) is 16.7 Å². The number of hydrogen-bond acceptors (Lipinski definition) is 3. The molecule has 1 aliphatic heterocycles. The Bertz CT molecular complexity index is 345.